The molecule has 2 N–H and O–H groups in total. The lowest BCUT2D eigenvalue weighted by molar-refractivity contribution is -0.121. The molecule has 1 aromatic carbocycles. The minimum atomic E-state index is 0.0594. The number of nitrogens with zero attached hydrogens (tertiary/aromatic N) is 2. The van der Waals surface area contributed by atoms with Gasteiger partial charge in [0.05, 0.1) is 25.3 Å². The molecule has 1 heterocycles. The fourth-order valence-corrected chi connectivity index (χ4v) is 2.89. The Kier molecular flexibility index (Phi) is 5.30. The van der Waals surface area contributed by atoms with Crippen molar-refractivity contribution in [2.75, 3.05) is 13.1 Å². The van der Waals surface area contributed by atoms with E-state index in [4.69, 9.17) is 0 Å². The third-order valence-electron chi connectivity index (χ3n) is 4.41. The first-order valence-corrected chi connectivity index (χ1v) is 8.67. The first-order chi connectivity index (χ1) is 11.6. The van der Waals surface area contributed by atoms with Gasteiger partial charge in [0, 0.05) is 12.7 Å². The lowest BCUT2D eigenvalue weighted by atomic mass is 10.0. The van der Waals surface area contributed by atoms with Crippen molar-refractivity contribution >= 4 is 5.91 Å². The zero-order valence-corrected chi connectivity index (χ0v) is 14.5. The number of amides is 1. The van der Waals surface area contributed by atoms with Crippen LogP contribution in [0, 0.1) is 19.8 Å². The number of aryl methyl sites for hydroxylation is 2. The third-order valence-corrected chi connectivity index (χ3v) is 4.41. The minimum absolute atomic E-state index is 0.0594. The molecule has 1 aliphatic rings. The largest absolute Gasteiger partial charge is 0.348 e. The predicted molar refractivity (Wildman–Crippen MR) is 94.6 cm³/mol. The molecule has 0 unspecified atom stereocenters. The highest BCUT2D eigenvalue weighted by atomic mass is 16.2. The molecule has 0 saturated heterocycles. The highest BCUT2D eigenvalue weighted by Gasteiger charge is 2.33. The van der Waals surface area contributed by atoms with Crippen LogP contribution in [0.3, 0.4) is 0 Å². The summed E-state index contributed by atoms with van der Waals surface area (Å²) in [6.45, 7) is 5.95. The molecule has 0 aliphatic heterocycles. The zero-order valence-electron chi connectivity index (χ0n) is 14.5. The van der Waals surface area contributed by atoms with Gasteiger partial charge in [0.15, 0.2) is 0 Å². The molecule has 5 nitrogen and oxygen atoms in total. The Morgan fingerprint density at radius 1 is 1.25 bits per heavy atom. The SMILES string of the molecule is Cc1ccc([C@@H](NC(=O)CNCCn2cc(C)cn2)C2CC2)cc1. The van der Waals surface area contributed by atoms with Gasteiger partial charge in [0.2, 0.25) is 5.91 Å². The first-order valence-electron chi connectivity index (χ1n) is 8.67. The lowest BCUT2D eigenvalue weighted by Crippen LogP contribution is -2.38. The number of nitrogens with one attached hydrogen (secondary N) is 2. The van der Waals surface area contributed by atoms with E-state index in [1.54, 1.807) is 0 Å². The molecular weight excluding hydrogens is 300 g/mol. The molecule has 1 atom stereocenters. The number of hydrogen-bond donors (Lipinski definition) is 2. The summed E-state index contributed by atoms with van der Waals surface area (Å²) in [5.74, 6) is 0.646. The summed E-state index contributed by atoms with van der Waals surface area (Å²) in [5, 5.41) is 10.6. The summed E-state index contributed by atoms with van der Waals surface area (Å²) in [6, 6.07) is 8.63. The fourth-order valence-electron chi connectivity index (χ4n) is 2.89. The van der Waals surface area contributed by atoms with Crippen LogP contribution in [0.2, 0.25) is 0 Å². The van der Waals surface area contributed by atoms with Gasteiger partial charge < -0.3 is 10.6 Å². The van der Waals surface area contributed by atoms with Crippen LogP contribution in [-0.4, -0.2) is 28.8 Å². The quantitative estimate of drug-likeness (QED) is 0.732. The normalized spacial score (nSPS) is 15.2. The van der Waals surface area contributed by atoms with Gasteiger partial charge in [-0.2, -0.15) is 5.10 Å². The Morgan fingerprint density at radius 2 is 2.00 bits per heavy atom. The summed E-state index contributed by atoms with van der Waals surface area (Å²) < 4.78 is 1.89. The monoisotopic (exact) mass is 326 g/mol. The van der Waals surface area contributed by atoms with Crippen molar-refractivity contribution in [3.8, 4) is 0 Å². The number of rotatable bonds is 8. The molecule has 128 valence electrons. The van der Waals surface area contributed by atoms with Crippen molar-refractivity contribution < 1.29 is 4.79 Å². The number of hydrogen-bond acceptors (Lipinski definition) is 3. The van der Waals surface area contributed by atoms with Gasteiger partial charge in [-0.15, -0.1) is 0 Å². The highest BCUT2D eigenvalue weighted by molar-refractivity contribution is 5.78. The van der Waals surface area contributed by atoms with Crippen LogP contribution in [0.25, 0.3) is 0 Å². The molecule has 24 heavy (non-hydrogen) atoms. The standard InChI is InChI=1S/C19H26N4O/c1-14-3-5-16(6-4-14)19(17-7-8-17)22-18(24)12-20-9-10-23-13-15(2)11-21-23/h3-6,11,13,17,19-20H,7-10,12H2,1-2H3,(H,22,24)/t19-/m1/s1. The van der Waals surface area contributed by atoms with Gasteiger partial charge in [-0.3, -0.25) is 9.48 Å². The minimum Gasteiger partial charge on any atom is -0.348 e. The van der Waals surface area contributed by atoms with E-state index >= 15 is 0 Å². The Bertz CT molecular complexity index is 673. The smallest absolute Gasteiger partial charge is 0.234 e. The van der Waals surface area contributed by atoms with Crippen LogP contribution in [-0.2, 0) is 11.3 Å². The lowest BCUT2D eigenvalue weighted by Gasteiger charge is -2.19. The van der Waals surface area contributed by atoms with Crippen LogP contribution in [0.1, 0.15) is 35.6 Å². The van der Waals surface area contributed by atoms with Crippen LogP contribution in [0.4, 0.5) is 0 Å². The summed E-state index contributed by atoms with van der Waals surface area (Å²) in [4.78, 5) is 12.2. The molecule has 1 aliphatic carbocycles. The van der Waals surface area contributed by atoms with Gasteiger partial charge >= 0.3 is 0 Å². The van der Waals surface area contributed by atoms with Gasteiger partial charge in [-0.25, -0.2) is 0 Å². The Morgan fingerprint density at radius 3 is 2.62 bits per heavy atom. The molecule has 3 rings (SSSR count). The van der Waals surface area contributed by atoms with Crippen molar-refractivity contribution in [1.82, 2.24) is 20.4 Å². The van der Waals surface area contributed by atoms with Gasteiger partial charge in [0.1, 0.15) is 0 Å². The van der Waals surface area contributed by atoms with E-state index in [9.17, 15) is 4.79 Å². The predicted octanol–water partition coefficient (Wildman–Crippen LogP) is 2.36. The van der Waals surface area contributed by atoms with Crippen LogP contribution in [0.15, 0.2) is 36.7 Å². The second-order valence-electron chi connectivity index (χ2n) is 6.75. The van der Waals surface area contributed by atoms with Gasteiger partial charge in [-0.05, 0) is 43.7 Å². The molecule has 0 bridgehead atoms. The van der Waals surface area contributed by atoms with Crippen LogP contribution < -0.4 is 10.6 Å². The van der Waals surface area contributed by atoms with Crippen LogP contribution in [0.5, 0.6) is 0 Å². The Balaban J connectivity index is 1.45. The van der Waals surface area contributed by atoms with Crippen LogP contribution >= 0.6 is 0 Å². The molecule has 1 saturated carbocycles. The molecular formula is C19H26N4O. The second kappa shape index (κ2) is 7.62. The second-order valence-corrected chi connectivity index (χ2v) is 6.75. The van der Waals surface area contributed by atoms with E-state index in [-0.39, 0.29) is 11.9 Å². The molecule has 1 aromatic heterocycles. The fraction of sp³-hybridized carbons (Fsp3) is 0.474. The molecule has 0 spiro atoms. The average Bonchev–Trinajstić information content (AvgIpc) is 3.32. The summed E-state index contributed by atoms with van der Waals surface area (Å²) in [6.07, 6.45) is 6.24. The Labute approximate surface area is 143 Å². The van der Waals surface area contributed by atoms with Crippen molar-refractivity contribution in [3.63, 3.8) is 0 Å². The van der Waals surface area contributed by atoms with E-state index in [1.165, 1.54) is 24.0 Å². The molecule has 1 amide bonds. The van der Waals surface area contributed by atoms with Gasteiger partial charge in [0.25, 0.3) is 0 Å². The van der Waals surface area contributed by atoms with E-state index in [0.717, 1.165) is 18.7 Å². The topological polar surface area (TPSA) is 59.0 Å². The van der Waals surface area contributed by atoms with Crippen molar-refractivity contribution in [3.05, 3.63) is 53.3 Å². The van der Waals surface area contributed by atoms with Gasteiger partial charge in [-0.1, -0.05) is 29.8 Å². The van der Waals surface area contributed by atoms with E-state index in [2.05, 4.69) is 46.9 Å². The molecule has 1 fully saturated rings. The third kappa shape index (κ3) is 4.68. The average molecular weight is 326 g/mol. The van der Waals surface area contributed by atoms with E-state index in [0.29, 0.717) is 12.5 Å². The summed E-state index contributed by atoms with van der Waals surface area (Å²) in [7, 11) is 0. The zero-order chi connectivity index (χ0) is 16.9. The maximum atomic E-state index is 12.2. The van der Waals surface area contributed by atoms with Crippen molar-refractivity contribution in [2.45, 2.75) is 39.3 Å². The van der Waals surface area contributed by atoms with E-state index in [1.807, 2.05) is 24.0 Å². The highest BCUT2D eigenvalue weighted by Crippen LogP contribution is 2.40. The number of carbonyl (C=O) groups is 1. The first kappa shape index (κ1) is 16.7. The molecule has 0 radical (unpaired) electrons. The number of aromatic nitrogens is 2. The molecule has 5 heteroatoms. The maximum Gasteiger partial charge on any atom is 0.234 e. The van der Waals surface area contributed by atoms with Crippen molar-refractivity contribution in [2.24, 2.45) is 5.92 Å². The molecule has 2 aromatic rings. The summed E-state index contributed by atoms with van der Waals surface area (Å²) >= 11 is 0. The van der Waals surface area contributed by atoms with Crippen molar-refractivity contribution in [1.29, 1.82) is 0 Å². The number of carbonyl (C=O) groups excluding carboxylic acids is 1. The van der Waals surface area contributed by atoms with E-state index < -0.39 is 0 Å². The number of benzene rings is 1. The summed E-state index contributed by atoms with van der Waals surface area (Å²) in [5.41, 5.74) is 3.61. The maximum absolute atomic E-state index is 12.2. The Hall–Kier alpha value is -2.14.